The van der Waals surface area contributed by atoms with Crippen LogP contribution in [0.3, 0.4) is 0 Å². The summed E-state index contributed by atoms with van der Waals surface area (Å²) in [4.78, 5) is 20.2. The minimum atomic E-state index is -1.57. The number of ether oxygens (including phenoxy) is 2. The highest BCUT2D eigenvalue weighted by Crippen LogP contribution is 2.35. The highest BCUT2D eigenvalue weighted by Gasteiger charge is 2.37. The molecule has 0 amide bonds. The minimum Gasteiger partial charge on any atom is -0.496 e. The molecule has 0 fully saturated rings. The number of aliphatic hydroxyl groups excluding tert-OH is 1. The zero-order chi connectivity index (χ0) is 21.7. The van der Waals surface area contributed by atoms with Crippen LogP contribution < -0.4 is 9.47 Å². The first-order valence-corrected chi connectivity index (χ1v) is 9.43. The van der Waals surface area contributed by atoms with Crippen molar-refractivity contribution in [2.45, 2.75) is 32.0 Å². The summed E-state index contributed by atoms with van der Waals surface area (Å²) in [6, 6.07) is 16.3. The highest BCUT2D eigenvalue weighted by atomic mass is 16.5. The fraction of sp³-hybridized carbons (Fsp3) is 0.261. The minimum absolute atomic E-state index is 0.154. The standard InChI is InChI=1S/C23H24N2O5/c1-23(2,20(26)22(27)28)17-9-5-7-11-19(17)30-14-15-12-13-24-21(25-15)16-8-4-6-10-18(16)29-3/h4-13,20,26H,14H2,1-3H3,(H,27,28)/t20-/m0/s1. The number of carbonyl (C=O) groups is 1. The van der Waals surface area contributed by atoms with Crippen LogP contribution in [0.25, 0.3) is 11.4 Å². The van der Waals surface area contributed by atoms with E-state index in [0.29, 0.717) is 28.6 Å². The van der Waals surface area contributed by atoms with E-state index in [1.165, 1.54) is 0 Å². The van der Waals surface area contributed by atoms with Crippen LogP contribution in [0.2, 0.25) is 0 Å². The van der Waals surface area contributed by atoms with Crippen molar-refractivity contribution in [3.05, 3.63) is 72.1 Å². The number of carboxylic acids is 1. The van der Waals surface area contributed by atoms with E-state index in [0.717, 1.165) is 5.56 Å². The summed E-state index contributed by atoms with van der Waals surface area (Å²) in [6.45, 7) is 3.48. The van der Waals surface area contributed by atoms with Gasteiger partial charge < -0.3 is 19.7 Å². The Balaban J connectivity index is 1.85. The molecule has 1 aromatic heterocycles. The molecule has 1 atom stereocenters. The monoisotopic (exact) mass is 408 g/mol. The number of benzene rings is 2. The lowest BCUT2D eigenvalue weighted by molar-refractivity contribution is -0.150. The van der Waals surface area contributed by atoms with E-state index in [-0.39, 0.29) is 6.61 Å². The maximum Gasteiger partial charge on any atom is 0.333 e. The first kappa shape index (κ1) is 21.3. The second kappa shape index (κ2) is 8.92. The molecule has 30 heavy (non-hydrogen) atoms. The number of aliphatic carboxylic acids is 1. The Kier molecular flexibility index (Phi) is 6.32. The summed E-state index contributed by atoms with van der Waals surface area (Å²) in [5, 5.41) is 19.4. The molecule has 7 nitrogen and oxygen atoms in total. The van der Waals surface area contributed by atoms with Crippen molar-refractivity contribution >= 4 is 5.97 Å². The highest BCUT2D eigenvalue weighted by molar-refractivity contribution is 5.74. The number of hydrogen-bond donors (Lipinski definition) is 2. The third kappa shape index (κ3) is 4.41. The van der Waals surface area contributed by atoms with Crippen LogP contribution in [0.1, 0.15) is 25.1 Å². The normalized spacial score (nSPS) is 12.3. The van der Waals surface area contributed by atoms with Gasteiger partial charge in [0.05, 0.1) is 18.4 Å². The number of hydrogen-bond acceptors (Lipinski definition) is 6. The van der Waals surface area contributed by atoms with Gasteiger partial charge in [0.25, 0.3) is 0 Å². The zero-order valence-corrected chi connectivity index (χ0v) is 17.1. The van der Waals surface area contributed by atoms with Crippen molar-refractivity contribution in [2.75, 3.05) is 7.11 Å². The lowest BCUT2D eigenvalue weighted by Gasteiger charge is -2.30. The first-order chi connectivity index (χ1) is 14.3. The third-order valence-corrected chi connectivity index (χ3v) is 4.94. The van der Waals surface area contributed by atoms with Gasteiger partial charge in [-0.05, 0) is 24.3 Å². The van der Waals surface area contributed by atoms with E-state index in [9.17, 15) is 15.0 Å². The summed E-state index contributed by atoms with van der Waals surface area (Å²) in [5.41, 5.74) is 0.973. The fourth-order valence-corrected chi connectivity index (χ4v) is 3.17. The molecule has 0 spiro atoms. The molecule has 2 aromatic carbocycles. The smallest absolute Gasteiger partial charge is 0.333 e. The van der Waals surface area contributed by atoms with Gasteiger partial charge in [-0.15, -0.1) is 0 Å². The van der Waals surface area contributed by atoms with E-state index in [2.05, 4.69) is 9.97 Å². The van der Waals surface area contributed by atoms with E-state index < -0.39 is 17.5 Å². The Morgan fingerprint density at radius 2 is 1.73 bits per heavy atom. The van der Waals surface area contributed by atoms with E-state index >= 15 is 0 Å². The average Bonchev–Trinajstić information content (AvgIpc) is 2.77. The molecular formula is C23H24N2O5. The topological polar surface area (TPSA) is 102 Å². The Labute approximate surface area is 175 Å². The van der Waals surface area contributed by atoms with Crippen LogP contribution in [0.4, 0.5) is 0 Å². The van der Waals surface area contributed by atoms with Gasteiger partial charge in [0, 0.05) is 17.2 Å². The van der Waals surface area contributed by atoms with E-state index in [1.807, 2.05) is 24.3 Å². The maximum absolute atomic E-state index is 11.3. The largest absolute Gasteiger partial charge is 0.496 e. The Bertz CT molecular complexity index is 1040. The second-order valence-electron chi connectivity index (χ2n) is 7.32. The van der Waals surface area contributed by atoms with Gasteiger partial charge in [-0.25, -0.2) is 14.8 Å². The second-order valence-corrected chi connectivity index (χ2v) is 7.32. The van der Waals surface area contributed by atoms with Crippen LogP contribution in [0.5, 0.6) is 11.5 Å². The molecule has 2 N–H and O–H groups in total. The summed E-state index contributed by atoms with van der Waals surface area (Å²) < 4.78 is 11.3. The molecule has 0 unspecified atom stereocenters. The van der Waals surface area contributed by atoms with Crippen LogP contribution in [-0.2, 0) is 16.8 Å². The number of rotatable bonds is 8. The van der Waals surface area contributed by atoms with Crippen LogP contribution in [0, 0.1) is 0 Å². The predicted molar refractivity (Wildman–Crippen MR) is 111 cm³/mol. The Hall–Kier alpha value is -3.45. The number of para-hydroxylation sites is 2. The average molecular weight is 408 g/mol. The van der Waals surface area contributed by atoms with Crippen LogP contribution in [-0.4, -0.2) is 39.4 Å². The molecule has 156 valence electrons. The number of carboxylic acid groups (broad SMARTS) is 1. The lowest BCUT2D eigenvalue weighted by atomic mass is 9.79. The zero-order valence-electron chi connectivity index (χ0n) is 17.1. The van der Waals surface area contributed by atoms with Crippen molar-refractivity contribution in [3.63, 3.8) is 0 Å². The molecule has 0 aliphatic carbocycles. The predicted octanol–water partition coefficient (Wildman–Crippen LogP) is 3.45. The molecule has 3 rings (SSSR count). The van der Waals surface area contributed by atoms with Crippen LogP contribution >= 0.6 is 0 Å². The SMILES string of the molecule is COc1ccccc1-c1nccc(COc2ccccc2C(C)(C)[C@@H](O)C(=O)O)n1. The van der Waals surface area contributed by atoms with Gasteiger partial charge in [0.15, 0.2) is 11.9 Å². The van der Waals surface area contributed by atoms with Crippen molar-refractivity contribution in [1.82, 2.24) is 9.97 Å². The molecule has 0 saturated carbocycles. The van der Waals surface area contributed by atoms with Gasteiger partial charge >= 0.3 is 5.97 Å². The van der Waals surface area contributed by atoms with E-state index in [1.54, 1.807) is 57.5 Å². The van der Waals surface area contributed by atoms with E-state index in [4.69, 9.17) is 9.47 Å². The summed E-state index contributed by atoms with van der Waals surface area (Å²) in [5.74, 6) is 0.390. The fourth-order valence-electron chi connectivity index (χ4n) is 3.17. The summed E-state index contributed by atoms with van der Waals surface area (Å²) in [6.07, 6.45) is 0.0794. The Morgan fingerprint density at radius 1 is 1.07 bits per heavy atom. The first-order valence-electron chi connectivity index (χ1n) is 9.43. The van der Waals surface area contributed by atoms with Gasteiger partial charge in [-0.3, -0.25) is 0 Å². The van der Waals surface area contributed by atoms with Gasteiger partial charge in [0.2, 0.25) is 0 Å². The van der Waals surface area contributed by atoms with Crippen molar-refractivity contribution < 1.29 is 24.5 Å². The number of aliphatic hydroxyl groups is 1. The summed E-state index contributed by atoms with van der Waals surface area (Å²) in [7, 11) is 1.59. The number of nitrogens with zero attached hydrogens (tertiary/aromatic N) is 2. The molecular weight excluding hydrogens is 384 g/mol. The summed E-state index contributed by atoms with van der Waals surface area (Å²) >= 11 is 0. The molecule has 0 saturated heterocycles. The molecule has 3 aromatic rings. The van der Waals surface area contributed by atoms with Crippen molar-refractivity contribution in [2.24, 2.45) is 0 Å². The van der Waals surface area contributed by atoms with Crippen LogP contribution in [0.15, 0.2) is 60.8 Å². The molecule has 7 heteroatoms. The third-order valence-electron chi connectivity index (χ3n) is 4.94. The molecule has 0 radical (unpaired) electrons. The lowest BCUT2D eigenvalue weighted by Crippen LogP contribution is -2.40. The number of methoxy groups -OCH3 is 1. The van der Waals surface area contributed by atoms with Crippen molar-refractivity contribution in [1.29, 1.82) is 0 Å². The number of aromatic nitrogens is 2. The molecule has 0 aliphatic heterocycles. The van der Waals surface area contributed by atoms with Gasteiger partial charge in [-0.1, -0.05) is 44.2 Å². The van der Waals surface area contributed by atoms with Gasteiger partial charge in [0.1, 0.15) is 18.1 Å². The quantitative estimate of drug-likeness (QED) is 0.588. The van der Waals surface area contributed by atoms with Gasteiger partial charge in [-0.2, -0.15) is 0 Å². The molecule has 0 aliphatic rings. The van der Waals surface area contributed by atoms with Crippen molar-refractivity contribution in [3.8, 4) is 22.9 Å². The molecule has 1 heterocycles. The Morgan fingerprint density at radius 3 is 2.43 bits per heavy atom. The molecule has 0 bridgehead atoms. The maximum atomic E-state index is 11.3.